The van der Waals surface area contributed by atoms with Crippen molar-refractivity contribution >= 4 is 11.9 Å². The van der Waals surface area contributed by atoms with Crippen LogP contribution in [0.3, 0.4) is 0 Å². The standard InChI is InChI=1S/C18H25NO3/c1-3-16(14-9-6-5-7-10-14)17(20)19-12-8-11-15(13-19)18(21)22-4-2/h5-7,9-10,15-16H,3-4,8,11-13H2,1-2H3. The highest BCUT2D eigenvalue weighted by Gasteiger charge is 2.32. The molecule has 22 heavy (non-hydrogen) atoms. The smallest absolute Gasteiger partial charge is 0.310 e. The molecule has 0 N–H and O–H groups in total. The quantitative estimate of drug-likeness (QED) is 0.786. The van der Waals surface area contributed by atoms with Crippen LogP contribution in [-0.4, -0.2) is 36.5 Å². The molecule has 2 unspecified atom stereocenters. The minimum absolute atomic E-state index is 0.123. The van der Waals surface area contributed by atoms with E-state index in [0.29, 0.717) is 13.2 Å². The van der Waals surface area contributed by atoms with Crippen LogP contribution in [0.2, 0.25) is 0 Å². The Morgan fingerprint density at radius 2 is 2.00 bits per heavy atom. The van der Waals surface area contributed by atoms with Crippen molar-refractivity contribution in [1.29, 1.82) is 0 Å². The molecule has 1 aliphatic heterocycles. The van der Waals surface area contributed by atoms with E-state index >= 15 is 0 Å². The predicted octanol–water partition coefficient (Wildman–Crippen LogP) is 2.98. The summed E-state index contributed by atoms with van der Waals surface area (Å²) in [6, 6.07) is 9.88. The first-order chi connectivity index (χ1) is 10.7. The zero-order valence-electron chi connectivity index (χ0n) is 13.5. The number of esters is 1. The molecule has 4 nitrogen and oxygen atoms in total. The fourth-order valence-electron chi connectivity index (χ4n) is 3.09. The molecule has 4 heteroatoms. The monoisotopic (exact) mass is 303 g/mol. The molecule has 1 aromatic rings. The van der Waals surface area contributed by atoms with Crippen molar-refractivity contribution in [1.82, 2.24) is 4.90 Å². The highest BCUT2D eigenvalue weighted by atomic mass is 16.5. The van der Waals surface area contributed by atoms with Gasteiger partial charge >= 0.3 is 5.97 Å². The molecular formula is C18H25NO3. The lowest BCUT2D eigenvalue weighted by atomic mass is 9.92. The van der Waals surface area contributed by atoms with Gasteiger partial charge in [0.05, 0.1) is 18.4 Å². The summed E-state index contributed by atoms with van der Waals surface area (Å²) in [6.45, 7) is 5.46. The summed E-state index contributed by atoms with van der Waals surface area (Å²) in [5.74, 6) is -0.344. The largest absolute Gasteiger partial charge is 0.466 e. The van der Waals surface area contributed by atoms with Gasteiger partial charge in [-0.2, -0.15) is 0 Å². The fourth-order valence-corrected chi connectivity index (χ4v) is 3.09. The third-order valence-electron chi connectivity index (χ3n) is 4.26. The van der Waals surface area contributed by atoms with Crippen molar-refractivity contribution < 1.29 is 14.3 Å². The van der Waals surface area contributed by atoms with Crippen molar-refractivity contribution in [3.63, 3.8) is 0 Å². The molecule has 2 rings (SSSR count). The summed E-state index contributed by atoms with van der Waals surface area (Å²) < 4.78 is 5.10. The van der Waals surface area contributed by atoms with Crippen LogP contribution < -0.4 is 0 Å². The van der Waals surface area contributed by atoms with E-state index < -0.39 is 0 Å². The van der Waals surface area contributed by atoms with E-state index in [2.05, 4.69) is 0 Å². The Morgan fingerprint density at radius 3 is 2.64 bits per heavy atom. The lowest BCUT2D eigenvalue weighted by Crippen LogP contribution is -2.44. The van der Waals surface area contributed by atoms with Crippen LogP contribution in [0, 0.1) is 5.92 Å². The van der Waals surface area contributed by atoms with Gasteiger partial charge in [-0.05, 0) is 31.7 Å². The van der Waals surface area contributed by atoms with Gasteiger partial charge in [-0.25, -0.2) is 0 Å². The summed E-state index contributed by atoms with van der Waals surface area (Å²) in [7, 11) is 0. The van der Waals surface area contributed by atoms with Crippen molar-refractivity contribution in [3.8, 4) is 0 Å². The minimum atomic E-state index is -0.175. The number of ether oxygens (including phenoxy) is 1. The molecule has 2 atom stereocenters. The number of rotatable bonds is 5. The molecule has 1 fully saturated rings. The van der Waals surface area contributed by atoms with Crippen LogP contribution in [-0.2, 0) is 14.3 Å². The molecule has 0 aliphatic carbocycles. The lowest BCUT2D eigenvalue weighted by Gasteiger charge is -2.34. The van der Waals surface area contributed by atoms with Gasteiger partial charge in [0.2, 0.25) is 5.91 Å². The van der Waals surface area contributed by atoms with Crippen LogP contribution in [0.15, 0.2) is 30.3 Å². The molecule has 0 radical (unpaired) electrons. The van der Waals surface area contributed by atoms with E-state index in [1.165, 1.54) is 0 Å². The third-order valence-corrected chi connectivity index (χ3v) is 4.26. The Morgan fingerprint density at radius 1 is 1.27 bits per heavy atom. The molecule has 0 bridgehead atoms. The summed E-state index contributed by atoms with van der Waals surface area (Å²) in [5, 5.41) is 0. The number of carbonyl (C=O) groups excluding carboxylic acids is 2. The molecule has 1 aliphatic rings. The Labute approximate surface area is 132 Å². The molecule has 0 saturated carbocycles. The second kappa shape index (κ2) is 7.97. The van der Waals surface area contributed by atoms with Crippen LogP contribution in [0.25, 0.3) is 0 Å². The topological polar surface area (TPSA) is 46.6 Å². The van der Waals surface area contributed by atoms with Crippen molar-refractivity contribution in [3.05, 3.63) is 35.9 Å². The SMILES string of the molecule is CCOC(=O)C1CCCN(C(=O)C(CC)c2ccccc2)C1. The maximum atomic E-state index is 12.8. The maximum Gasteiger partial charge on any atom is 0.310 e. The second-order valence-corrected chi connectivity index (χ2v) is 5.75. The van der Waals surface area contributed by atoms with E-state index in [0.717, 1.165) is 31.4 Å². The zero-order valence-corrected chi connectivity index (χ0v) is 13.5. The van der Waals surface area contributed by atoms with Crippen molar-refractivity contribution in [2.24, 2.45) is 5.92 Å². The second-order valence-electron chi connectivity index (χ2n) is 5.75. The Hall–Kier alpha value is -1.84. The van der Waals surface area contributed by atoms with Crippen LogP contribution in [0.5, 0.6) is 0 Å². The normalized spacial score (nSPS) is 19.5. The first-order valence-corrected chi connectivity index (χ1v) is 8.17. The van der Waals surface area contributed by atoms with Crippen molar-refractivity contribution in [2.75, 3.05) is 19.7 Å². The molecule has 0 aromatic heterocycles. The van der Waals surface area contributed by atoms with E-state index in [1.807, 2.05) is 49.1 Å². The molecule has 1 amide bonds. The van der Waals surface area contributed by atoms with Gasteiger partial charge in [0, 0.05) is 13.1 Å². The molecular weight excluding hydrogens is 278 g/mol. The number of hydrogen-bond donors (Lipinski definition) is 0. The molecule has 1 aromatic carbocycles. The number of carbonyl (C=O) groups is 2. The van der Waals surface area contributed by atoms with Gasteiger partial charge in [0.15, 0.2) is 0 Å². The number of amides is 1. The van der Waals surface area contributed by atoms with Gasteiger partial charge in [-0.15, -0.1) is 0 Å². The molecule has 0 spiro atoms. The number of benzene rings is 1. The van der Waals surface area contributed by atoms with Gasteiger partial charge in [0.1, 0.15) is 0 Å². The predicted molar refractivity (Wildman–Crippen MR) is 85.4 cm³/mol. The number of likely N-dealkylation sites (tertiary alicyclic amines) is 1. The number of hydrogen-bond acceptors (Lipinski definition) is 3. The van der Waals surface area contributed by atoms with Gasteiger partial charge in [-0.1, -0.05) is 37.3 Å². The van der Waals surface area contributed by atoms with Gasteiger partial charge < -0.3 is 9.64 Å². The van der Waals surface area contributed by atoms with Gasteiger partial charge in [-0.3, -0.25) is 9.59 Å². The maximum absolute atomic E-state index is 12.8. The summed E-state index contributed by atoms with van der Waals surface area (Å²) in [6.07, 6.45) is 2.44. The van der Waals surface area contributed by atoms with Crippen LogP contribution in [0.4, 0.5) is 0 Å². The van der Waals surface area contributed by atoms with Crippen molar-refractivity contribution in [2.45, 2.75) is 39.0 Å². The Kier molecular flexibility index (Phi) is 5.99. The fraction of sp³-hybridized carbons (Fsp3) is 0.556. The average molecular weight is 303 g/mol. The van der Waals surface area contributed by atoms with Crippen LogP contribution in [0.1, 0.15) is 44.6 Å². The Bertz CT molecular complexity index is 500. The summed E-state index contributed by atoms with van der Waals surface area (Å²) in [4.78, 5) is 26.6. The van der Waals surface area contributed by atoms with E-state index in [1.54, 1.807) is 0 Å². The number of nitrogens with zero attached hydrogens (tertiary/aromatic N) is 1. The highest BCUT2D eigenvalue weighted by Crippen LogP contribution is 2.26. The summed E-state index contributed by atoms with van der Waals surface area (Å²) >= 11 is 0. The zero-order chi connectivity index (χ0) is 15.9. The minimum Gasteiger partial charge on any atom is -0.466 e. The van der Waals surface area contributed by atoms with Crippen LogP contribution >= 0.6 is 0 Å². The van der Waals surface area contributed by atoms with E-state index in [9.17, 15) is 9.59 Å². The lowest BCUT2D eigenvalue weighted by molar-refractivity contribution is -0.151. The summed E-state index contributed by atoms with van der Waals surface area (Å²) in [5.41, 5.74) is 1.05. The Balaban J connectivity index is 2.06. The van der Waals surface area contributed by atoms with Gasteiger partial charge in [0.25, 0.3) is 0 Å². The number of piperidine rings is 1. The van der Waals surface area contributed by atoms with E-state index in [-0.39, 0.29) is 23.7 Å². The molecule has 1 heterocycles. The average Bonchev–Trinajstić information content (AvgIpc) is 2.57. The highest BCUT2D eigenvalue weighted by molar-refractivity contribution is 5.84. The molecule has 1 saturated heterocycles. The first kappa shape index (κ1) is 16.5. The third kappa shape index (κ3) is 3.87. The molecule has 120 valence electrons. The first-order valence-electron chi connectivity index (χ1n) is 8.17. The van der Waals surface area contributed by atoms with E-state index in [4.69, 9.17) is 4.74 Å².